The minimum Gasteiger partial charge on any atom is -0.481 e. The fourth-order valence-corrected chi connectivity index (χ4v) is 9.98. The lowest BCUT2D eigenvalue weighted by atomic mass is 9.43. The molecule has 0 aromatic heterocycles. The average Bonchev–Trinajstić information content (AvgIpc) is 3.01. The standard InChI is InChI=1S/C33H52O5/c1-19(2)20(3)10-11-22(29(36)37)28-25(35)18-33(9)24-12-13-26-30(5,6)27(38-21(4)34)15-16-31(26,7)23(24)14-17-32(28,33)8/h19,22,25-28,35H,3,10-18H2,1-2,4-9H3,(H,36,37)/t22-,25-,26+,27?,28+,31-,32-,33+/m1/s1. The number of carbonyl (C=O) groups excluding carboxylic acids is 1. The molecule has 0 spiro atoms. The maximum absolute atomic E-state index is 12.6. The summed E-state index contributed by atoms with van der Waals surface area (Å²) in [7, 11) is 0. The lowest BCUT2D eigenvalue weighted by molar-refractivity contribution is -0.167. The Morgan fingerprint density at radius 2 is 1.71 bits per heavy atom. The zero-order valence-corrected chi connectivity index (χ0v) is 25.2. The smallest absolute Gasteiger partial charge is 0.306 e. The molecule has 1 unspecified atom stereocenters. The zero-order chi connectivity index (χ0) is 28.4. The Kier molecular flexibility index (Phi) is 7.56. The predicted molar refractivity (Wildman–Crippen MR) is 150 cm³/mol. The number of hydrogen-bond donors (Lipinski definition) is 2. The molecule has 4 aliphatic rings. The predicted octanol–water partition coefficient (Wildman–Crippen LogP) is 7.33. The van der Waals surface area contributed by atoms with Crippen molar-refractivity contribution in [1.82, 2.24) is 0 Å². The molecular weight excluding hydrogens is 476 g/mol. The van der Waals surface area contributed by atoms with Gasteiger partial charge in [0.1, 0.15) is 6.10 Å². The van der Waals surface area contributed by atoms with Crippen LogP contribution in [-0.2, 0) is 14.3 Å². The normalized spacial score (nSPS) is 40.7. The molecule has 2 N–H and O–H groups in total. The monoisotopic (exact) mass is 528 g/mol. The van der Waals surface area contributed by atoms with Gasteiger partial charge in [0.25, 0.3) is 0 Å². The van der Waals surface area contributed by atoms with Crippen molar-refractivity contribution < 1.29 is 24.5 Å². The first-order valence-electron chi connectivity index (χ1n) is 15.0. The third kappa shape index (κ3) is 4.30. The highest BCUT2D eigenvalue weighted by Crippen LogP contribution is 2.72. The van der Waals surface area contributed by atoms with Crippen molar-refractivity contribution in [3.8, 4) is 0 Å². The lowest BCUT2D eigenvalue weighted by Crippen LogP contribution is -2.56. The molecule has 0 heterocycles. The van der Waals surface area contributed by atoms with Gasteiger partial charge in [-0.2, -0.15) is 0 Å². The summed E-state index contributed by atoms with van der Waals surface area (Å²) in [6.07, 6.45) is 6.98. The highest BCUT2D eigenvalue weighted by Gasteiger charge is 2.66. The van der Waals surface area contributed by atoms with Crippen LogP contribution in [0.3, 0.4) is 0 Å². The molecular formula is C33H52O5. The number of rotatable bonds is 7. The summed E-state index contributed by atoms with van der Waals surface area (Å²) in [5.74, 6) is -1.05. The quantitative estimate of drug-likeness (QED) is 0.267. The number of aliphatic hydroxyl groups excluding tert-OH is 1. The van der Waals surface area contributed by atoms with Crippen LogP contribution < -0.4 is 0 Å². The highest BCUT2D eigenvalue weighted by atomic mass is 16.5. The Hall–Kier alpha value is -1.62. The van der Waals surface area contributed by atoms with Gasteiger partial charge in [-0.3, -0.25) is 9.59 Å². The zero-order valence-electron chi connectivity index (χ0n) is 25.2. The van der Waals surface area contributed by atoms with Crippen LogP contribution in [0.15, 0.2) is 23.3 Å². The fraction of sp³-hybridized carbons (Fsp3) is 0.818. The number of esters is 1. The number of aliphatic carboxylic acids is 1. The second-order valence-electron chi connectivity index (χ2n) is 14.8. The molecule has 0 aliphatic heterocycles. The minimum absolute atomic E-state index is 0.0440. The molecule has 8 atom stereocenters. The third-order valence-corrected chi connectivity index (χ3v) is 12.4. The Bertz CT molecular complexity index is 1020. The number of aliphatic hydroxyl groups is 1. The van der Waals surface area contributed by atoms with E-state index in [9.17, 15) is 19.8 Å². The summed E-state index contributed by atoms with van der Waals surface area (Å²) < 4.78 is 5.82. The number of carboxylic acids is 1. The van der Waals surface area contributed by atoms with Crippen LogP contribution in [-0.4, -0.2) is 34.4 Å². The molecule has 0 amide bonds. The van der Waals surface area contributed by atoms with Crippen LogP contribution in [0.2, 0.25) is 0 Å². The number of ether oxygens (including phenoxy) is 1. The molecule has 5 nitrogen and oxygen atoms in total. The van der Waals surface area contributed by atoms with Crippen LogP contribution in [0.1, 0.15) is 113 Å². The Balaban J connectivity index is 1.69. The van der Waals surface area contributed by atoms with Gasteiger partial charge in [-0.05, 0) is 85.9 Å². The molecule has 38 heavy (non-hydrogen) atoms. The van der Waals surface area contributed by atoms with Crippen molar-refractivity contribution in [2.45, 2.75) is 125 Å². The minimum atomic E-state index is -0.780. The maximum atomic E-state index is 12.6. The summed E-state index contributed by atoms with van der Waals surface area (Å²) in [5.41, 5.74) is 3.62. The topological polar surface area (TPSA) is 83.8 Å². The number of hydrogen-bond acceptors (Lipinski definition) is 4. The summed E-state index contributed by atoms with van der Waals surface area (Å²) in [6.45, 7) is 21.5. The number of fused-ring (bicyclic) bond motifs is 4. The summed E-state index contributed by atoms with van der Waals surface area (Å²) in [4.78, 5) is 24.5. The molecule has 0 bridgehead atoms. The van der Waals surface area contributed by atoms with Crippen LogP contribution >= 0.6 is 0 Å². The van der Waals surface area contributed by atoms with E-state index in [0.29, 0.717) is 31.1 Å². The first-order chi connectivity index (χ1) is 17.5. The average molecular weight is 529 g/mol. The van der Waals surface area contributed by atoms with E-state index in [2.05, 4.69) is 55.0 Å². The second-order valence-corrected chi connectivity index (χ2v) is 14.8. The first-order valence-corrected chi connectivity index (χ1v) is 15.0. The fourth-order valence-electron chi connectivity index (χ4n) is 9.98. The van der Waals surface area contributed by atoms with Crippen molar-refractivity contribution in [3.05, 3.63) is 23.3 Å². The first kappa shape index (κ1) is 29.4. The SMILES string of the molecule is C=C(CC[C@@H](C(=O)O)[C@H]1[C@H](O)C[C@@]2(C)C3=C(CC[C@]12C)[C@@]1(C)CCC(OC(C)=O)C(C)(C)[C@@H]1CC3)C(C)C. The van der Waals surface area contributed by atoms with Crippen LogP contribution in [0.25, 0.3) is 0 Å². The molecule has 0 aromatic rings. The van der Waals surface area contributed by atoms with Crippen LogP contribution in [0, 0.1) is 45.3 Å². The van der Waals surface area contributed by atoms with Gasteiger partial charge in [0, 0.05) is 18.3 Å². The van der Waals surface area contributed by atoms with Gasteiger partial charge in [-0.25, -0.2) is 0 Å². The molecule has 0 radical (unpaired) electrons. The van der Waals surface area contributed by atoms with Gasteiger partial charge in [0.15, 0.2) is 0 Å². The van der Waals surface area contributed by atoms with E-state index < -0.39 is 18.0 Å². The molecule has 0 aromatic carbocycles. The number of allylic oxidation sites excluding steroid dienone is 3. The van der Waals surface area contributed by atoms with E-state index in [4.69, 9.17) is 4.74 Å². The van der Waals surface area contributed by atoms with Gasteiger partial charge in [-0.15, -0.1) is 0 Å². The Morgan fingerprint density at radius 3 is 2.29 bits per heavy atom. The molecule has 0 saturated heterocycles. The summed E-state index contributed by atoms with van der Waals surface area (Å²) >= 11 is 0. The van der Waals surface area contributed by atoms with Crippen molar-refractivity contribution in [2.75, 3.05) is 0 Å². The van der Waals surface area contributed by atoms with E-state index in [1.165, 1.54) is 12.5 Å². The van der Waals surface area contributed by atoms with Crippen molar-refractivity contribution in [1.29, 1.82) is 0 Å². The molecule has 4 aliphatic carbocycles. The van der Waals surface area contributed by atoms with Gasteiger partial charge < -0.3 is 14.9 Å². The second kappa shape index (κ2) is 9.78. The van der Waals surface area contributed by atoms with Crippen molar-refractivity contribution in [2.24, 2.45) is 45.3 Å². The molecule has 2 saturated carbocycles. The maximum Gasteiger partial charge on any atom is 0.306 e. The van der Waals surface area contributed by atoms with Crippen molar-refractivity contribution >= 4 is 11.9 Å². The summed E-state index contributed by atoms with van der Waals surface area (Å²) in [6, 6.07) is 0. The molecule has 5 heteroatoms. The van der Waals surface area contributed by atoms with Gasteiger partial charge >= 0.3 is 11.9 Å². The van der Waals surface area contributed by atoms with Crippen molar-refractivity contribution in [3.63, 3.8) is 0 Å². The van der Waals surface area contributed by atoms with Gasteiger partial charge in [0.05, 0.1) is 12.0 Å². The van der Waals surface area contributed by atoms with E-state index in [1.54, 1.807) is 5.57 Å². The molecule has 214 valence electrons. The third-order valence-electron chi connectivity index (χ3n) is 12.4. The molecule has 2 fully saturated rings. The van der Waals surface area contributed by atoms with E-state index in [0.717, 1.165) is 44.1 Å². The Labute approximate surface area is 230 Å². The van der Waals surface area contributed by atoms with E-state index in [-0.39, 0.29) is 39.7 Å². The summed E-state index contributed by atoms with van der Waals surface area (Å²) in [5, 5.41) is 22.0. The van der Waals surface area contributed by atoms with E-state index in [1.807, 2.05) is 0 Å². The van der Waals surface area contributed by atoms with Crippen LogP contribution in [0.5, 0.6) is 0 Å². The van der Waals surface area contributed by atoms with Gasteiger partial charge in [0.2, 0.25) is 0 Å². The van der Waals surface area contributed by atoms with Gasteiger partial charge in [-0.1, -0.05) is 71.8 Å². The highest BCUT2D eigenvalue weighted by molar-refractivity contribution is 5.71. The number of carbonyl (C=O) groups is 2. The molecule has 4 rings (SSSR count). The van der Waals surface area contributed by atoms with E-state index >= 15 is 0 Å². The van der Waals surface area contributed by atoms with Crippen LogP contribution in [0.4, 0.5) is 0 Å². The number of carboxylic acid groups (broad SMARTS) is 1. The lowest BCUT2D eigenvalue weighted by Gasteiger charge is -2.62. The largest absolute Gasteiger partial charge is 0.481 e. The Morgan fingerprint density at radius 1 is 1.05 bits per heavy atom.